The quantitative estimate of drug-likeness (QED) is 0.664. The average molecular weight is 299 g/mol. The molecule has 1 saturated heterocycles. The van der Waals surface area contributed by atoms with Crippen molar-refractivity contribution >= 4 is 21.8 Å². The van der Waals surface area contributed by atoms with Crippen LogP contribution in [0.15, 0.2) is 22.7 Å². The summed E-state index contributed by atoms with van der Waals surface area (Å²) >= 11 is 3.36. The molecule has 5 heteroatoms. The summed E-state index contributed by atoms with van der Waals surface area (Å²) in [6.07, 6.45) is 1.92. The lowest BCUT2D eigenvalue weighted by Gasteiger charge is -2.24. The molecule has 0 aliphatic carbocycles. The molecule has 0 unspecified atom stereocenters. The van der Waals surface area contributed by atoms with Gasteiger partial charge in [0.25, 0.3) is 0 Å². The number of nitrogen functional groups attached to an aromatic ring is 1. The molecule has 1 aliphatic heterocycles. The number of rotatable bonds is 3. The molecule has 2 rings (SSSR count). The Hall–Kier alpha value is -1.07. The first-order valence-electron chi connectivity index (χ1n) is 5.55. The summed E-state index contributed by atoms with van der Waals surface area (Å²) < 4.78 is 12.1. The summed E-state index contributed by atoms with van der Waals surface area (Å²) in [5.74, 6) is 0.695. The Morgan fingerprint density at radius 1 is 1.41 bits per heavy atom. The second-order valence-electron chi connectivity index (χ2n) is 3.98. The Morgan fingerprint density at radius 3 is 2.76 bits per heavy atom. The predicted octanol–water partition coefficient (Wildman–Crippen LogP) is 2.29. The van der Waals surface area contributed by atoms with Crippen LogP contribution in [-0.2, 0) is 4.74 Å². The average Bonchev–Trinajstić information content (AvgIpc) is 2.32. The highest BCUT2D eigenvalue weighted by atomic mass is 79.9. The zero-order valence-corrected chi connectivity index (χ0v) is 11.0. The molecule has 0 aromatic heterocycles. The zero-order chi connectivity index (χ0) is 12.3. The van der Waals surface area contributed by atoms with Crippen LogP contribution in [0.5, 0.6) is 5.75 Å². The van der Waals surface area contributed by atoms with E-state index in [1.807, 2.05) is 12.1 Å². The largest absolute Gasteiger partial charge is 0.489 e. The summed E-state index contributed by atoms with van der Waals surface area (Å²) in [6.45, 7) is 1.47. The SMILES string of the molecule is N=C(N)c1cc(Br)ccc1OC1CCOCC1. The number of hydrogen-bond acceptors (Lipinski definition) is 3. The Balaban J connectivity index is 2.16. The van der Waals surface area contributed by atoms with Crippen molar-refractivity contribution in [3.63, 3.8) is 0 Å². The normalized spacial score (nSPS) is 16.8. The molecule has 0 saturated carbocycles. The first-order chi connectivity index (χ1) is 8.16. The van der Waals surface area contributed by atoms with E-state index in [4.69, 9.17) is 20.6 Å². The van der Waals surface area contributed by atoms with Gasteiger partial charge in [0.1, 0.15) is 17.7 Å². The fourth-order valence-electron chi connectivity index (χ4n) is 1.79. The van der Waals surface area contributed by atoms with Gasteiger partial charge in [-0.2, -0.15) is 0 Å². The number of hydrogen-bond donors (Lipinski definition) is 2. The number of nitrogens with one attached hydrogen (secondary N) is 1. The summed E-state index contributed by atoms with van der Waals surface area (Å²) in [5, 5.41) is 7.54. The van der Waals surface area contributed by atoms with E-state index in [0.717, 1.165) is 30.5 Å². The van der Waals surface area contributed by atoms with Crippen molar-refractivity contribution in [3.8, 4) is 5.75 Å². The highest BCUT2D eigenvalue weighted by Gasteiger charge is 2.17. The second-order valence-corrected chi connectivity index (χ2v) is 4.90. The van der Waals surface area contributed by atoms with Crippen LogP contribution in [0.1, 0.15) is 18.4 Å². The van der Waals surface area contributed by atoms with Crippen molar-refractivity contribution in [1.29, 1.82) is 5.41 Å². The van der Waals surface area contributed by atoms with Gasteiger partial charge in [-0.3, -0.25) is 5.41 Å². The minimum atomic E-state index is 0.0216. The monoisotopic (exact) mass is 298 g/mol. The summed E-state index contributed by atoms with van der Waals surface area (Å²) in [5.41, 5.74) is 6.18. The minimum absolute atomic E-state index is 0.0216. The van der Waals surface area contributed by atoms with E-state index < -0.39 is 0 Å². The molecule has 1 aromatic rings. The van der Waals surface area contributed by atoms with Crippen LogP contribution in [0.4, 0.5) is 0 Å². The number of ether oxygens (including phenoxy) is 2. The molecule has 1 aromatic carbocycles. The maximum atomic E-state index is 7.54. The molecule has 0 bridgehead atoms. The zero-order valence-electron chi connectivity index (χ0n) is 9.41. The van der Waals surface area contributed by atoms with Crippen LogP contribution in [-0.4, -0.2) is 25.2 Å². The van der Waals surface area contributed by atoms with Crippen molar-refractivity contribution < 1.29 is 9.47 Å². The van der Waals surface area contributed by atoms with Gasteiger partial charge >= 0.3 is 0 Å². The second kappa shape index (κ2) is 5.51. The standard InChI is InChI=1S/C12H15BrN2O2/c13-8-1-2-11(10(7-8)12(14)15)17-9-3-5-16-6-4-9/h1-2,7,9H,3-6H2,(H3,14,15). The van der Waals surface area contributed by atoms with Crippen molar-refractivity contribution in [3.05, 3.63) is 28.2 Å². The van der Waals surface area contributed by atoms with Gasteiger partial charge < -0.3 is 15.2 Å². The summed E-state index contributed by atoms with van der Waals surface area (Å²) in [7, 11) is 0. The van der Waals surface area contributed by atoms with E-state index in [1.54, 1.807) is 6.07 Å². The lowest BCUT2D eigenvalue weighted by molar-refractivity contribution is 0.0255. The molecule has 1 heterocycles. The first-order valence-corrected chi connectivity index (χ1v) is 6.34. The molecule has 4 nitrogen and oxygen atoms in total. The lowest BCUT2D eigenvalue weighted by Crippen LogP contribution is -2.27. The Bertz CT molecular complexity index is 417. The number of benzene rings is 1. The van der Waals surface area contributed by atoms with Gasteiger partial charge in [-0.15, -0.1) is 0 Å². The van der Waals surface area contributed by atoms with E-state index in [1.165, 1.54) is 0 Å². The number of amidine groups is 1. The lowest BCUT2D eigenvalue weighted by atomic mass is 10.1. The van der Waals surface area contributed by atoms with Crippen LogP contribution >= 0.6 is 15.9 Å². The minimum Gasteiger partial charge on any atom is -0.489 e. The molecular weight excluding hydrogens is 284 g/mol. The van der Waals surface area contributed by atoms with Gasteiger partial charge in [0.15, 0.2) is 0 Å². The molecule has 0 radical (unpaired) electrons. The van der Waals surface area contributed by atoms with E-state index in [0.29, 0.717) is 11.3 Å². The van der Waals surface area contributed by atoms with Crippen molar-refractivity contribution in [2.45, 2.75) is 18.9 Å². The van der Waals surface area contributed by atoms with Crippen LogP contribution in [0.25, 0.3) is 0 Å². The van der Waals surface area contributed by atoms with Gasteiger partial charge in [-0.25, -0.2) is 0 Å². The van der Waals surface area contributed by atoms with Gasteiger partial charge in [-0.05, 0) is 18.2 Å². The Labute approximate surface area is 109 Å². The molecule has 92 valence electrons. The topological polar surface area (TPSA) is 68.3 Å². The van der Waals surface area contributed by atoms with E-state index in [-0.39, 0.29) is 11.9 Å². The van der Waals surface area contributed by atoms with Gasteiger partial charge in [0.2, 0.25) is 0 Å². The van der Waals surface area contributed by atoms with Gasteiger partial charge in [0, 0.05) is 17.3 Å². The van der Waals surface area contributed by atoms with Crippen LogP contribution in [0, 0.1) is 5.41 Å². The van der Waals surface area contributed by atoms with Crippen LogP contribution in [0.3, 0.4) is 0 Å². The smallest absolute Gasteiger partial charge is 0.130 e. The molecule has 0 atom stereocenters. The van der Waals surface area contributed by atoms with Gasteiger partial charge in [-0.1, -0.05) is 15.9 Å². The predicted molar refractivity (Wildman–Crippen MR) is 69.6 cm³/mol. The maximum absolute atomic E-state index is 7.54. The van der Waals surface area contributed by atoms with E-state index >= 15 is 0 Å². The number of halogens is 1. The fourth-order valence-corrected chi connectivity index (χ4v) is 2.15. The third kappa shape index (κ3) is 3.20. The molecule has 0 amide bonds. The van der Waals surface area contributed by atoms with Crippen molar-refractivity contribution in [1.82, 2.24) is 0 Å². The van der Waals surface area contributed by atoms with Crippen LogP contribution in [0.2, 0.25) is 0 Å². The molecule has 17 heavy (non-hydrogen) atoms. The Morgan fingerprint density at radius 2 is 2.12 bits per heavy atom. The maximum Gasteiger partial charge on any atom is 0.130 e. The molecule has 1 fully saturated rings. The molecule has 0 spiro atoms. The number of nitrogens with two attached hydrogens (primary N) is 1. The molecule has 3 N–H and O–H groups in total. The third-order valence-corrected chi connectivity index (χ3v) is 3.19. The summed E-state index contributed by atoms with van der Waals surface area (Å²) in [6, 6.07) is 5.54. The Kier molecular flexibility index (Phi) is 4.02. The molecular formula is C12H15BrN2O2. The molecule has 1 aliphatic rings. The van der Waals surface area contributed by atoms with Crippen molar-refractivity contribution in [2.75, 3.05) is 13.2 Å². The summed E-state index contributed by atoms with van der Waals surface area (Å²) in [4.78, 5) is 0. The van der Waals surface area contributed by atoms with Crippen LogP contribution < -0.4 is 10.5 Å². The fraction of sp³-hybridized carbons (Fsp3) is 0.417. The highest BCUT2D eigenvalue weighted by molar-refractivity contribution is 9.10. The van der Waals surface area contributed by atoms with Gasteiger partial charge in [0.05, 0.1) is 18.8 Å². The first kappa shape index (κ1) is 12.4. The third-order valence-electron chi connectivity index (χ3n) is 2.69. The van der Waals surface area contributed by atoms with Crippen molar-refractivity contribution in [2.24, 2.45) is 5.73 Å². The van der Waals surface area contributed by atoms with E-state index in [9.17, 15) is 0 Å². The highest BCUT2D eigenvalue weighted by Crippen LogP contribution is 2.25. The van der Waals surface area contributed by atoms with E-state index in [2.05, 4.69) is 15.9 Å².